The minimum absolute atomic E-state index is 0.272. The van der Waals surface area contributed by atoms with Crippen molar-refractivity contribution in [2.75, 3.05) is 0 Å². The molecule has 0 aliphatic rings. The van der Waals surface area contributed by atoms with Crippen LogP contribution in [-0.2, 0) is 0 Å². The van der Waals surface area contributed by atoms with Crippen LogP contribution in [0.3, 0.4) is 0 Å². The molecule has 1 atom stereocenters. The van der Waals surface area contributed by atoms with Crippen LogP contribution in [0.2, 0.25) is 0 Å². The van der Waals surface area contributed by atoms with Crippen LogP contribution in [0.25, 0.3) is 0 Å². The van der Waals surface area contributed by atoms with Gasteiger partial charge in [-0.3, -0.25) is 0 Å². The molecule has 92 valence electrons. The Hall–Kier alpha value is -1.34. The van der Waals surface area contributed by atoms with Gasteiger partial charge in [-0.2, -0.15) is 0 Å². The van der Waals surface area contributed by atoms with E-state index < -0.39 is 6.10 Å². The Morgan fingerprint density at radius 3 is 2.41 bits per heavy atom. The Kier molecular flexibility index (Phi) is 4.71. The van der Waals surface area contributed by atoms with Gasteiger partial charge >= 0.3 is 0 Å². The van der Waals surface area contributed by atoms with Gasteiger partial charge in [0.15, 0.2) is 0 Å². The van der Waals surface area contributed by atoms with E-state index in [-0.39, 0.29) is 5.41 Å². The molecule has 0 bridgehead atoms. The highest BCUT2D eigenvalue weighted by Gasteiger charge is 2.10. The van der Waals surface area contributed by atoms with Gasteiger partial charge in [0, 0.05) is 0 Å². The summed E-state index contributed by atoms with van der Waals surface area (Å²) in [5.41, 5.74) is 1.90. The number of benzene rings is 1. The molecule has 17 heavy (non-hydrogen) atoms. The van der Waals surface area contributed by atoms with Crippen LogP contribution in [0.4, 0.5) is 0 Å². The topological polar surface area (TPSA) is 20.2 Å². The lowest BCUT2D eigenvalue weighted by Gasteiger charge is -2.15. The lowest BCUT2D eigenvalue weighted by atomic mass is 9.91. The van der Waals surface area contributed by atoms with E-state index in [4.69, 9.17) is 0 Å². The Balaban J connectivity index is 2.60. The smallest absolute Gasteiger partial charge is 0.103 e. The number of aliphatic hydroxyl groups is 1. The summed E-state index contributed by atoms with van der Waals surface area (Å²) in [6.45, 7) is 10.5. The molecule has 0 amide bonds. The standard InChI is InChI=1S/C16H22O/c1-13(9-8-12-16(2,3)4)15(17)14-10-6-5-7-11-14/h5-11,15,17H,1,12H2,2-4H3/b9-8-. The molecule has 0 heterocycles. The summed E-state index contributed by atoms with van der Waals surface area (Å²) in [5.74, 6) is 0. The van der Waals surface area contributed by atoms with Gasteiger partial charge in [0.25, 0.3) is 0 Å². The zero-order valence-electron chi connectivity index (χ0n) is 11.0. The predicted molar refractivity (Wildman–Crippen MR) is 73.8 cm³/mol. The average molecular weight is 230 g/mol. The molecule has 0 saturated carbocycles. The van der Waals surface area contributed by atoms with Gasteiger partial charge in [-0.05, 0) is 23.0 Å². The van der Waals surface area contributed by atoms with Crippen LogP contribution >= 0.6 is 0 Å². The van der Waals surface area contributed by atoms with E-state index in [9.17, 15) is 5.11 Å². The fourth-order valence-electron chi connectivity index (χ4n) is 1.50. The molecular formula is C16H22O. The van der Waals surface area contributed by atoms with Crippen molar-refractivity contribution in [2.24, 2.45) is 5.41 Å². The number of allylic oxidation sites excluding steroid dienone is 1. The predicted octanol–water partition coefficient (Wildman–Crippen LogP) is 4.27. The van der Waals surface area contributed by atoms with Crippen molar-refractivity contribution in [3.05, 3.63) is 60.2 Å². The van der Waals surface area contributed by atoms with Crippen LogP contribution in [0.5, 0.6) is 0 Å². The summed E-state index contributed by atoms with van der Waals surface area (Å²) in [6, 6.07) is 9.60. The van der Waals surface area contributed by atoms with E-state index in [1.165, 1.54) is 0 Å². The summed E-state index contributed by atoms with van der Waals surface area (Å²) < 4.78 is 0. The molecule has 1 aromatic rings. The molecule has 1 nitrogen and oxygen atoms in total. The van der Waals surface area contributed by atoms with Crippen LogP contribution in [0.15, 0.2) is 54.6 Å². The molecule has 1 N–H and O–H groups in total. The SMILES string of the molecule is C=C(/C=C\CC(C)(C)C)C(O)c1ccccc1. The van der Waals surface area contributed by atoms with Gasteiger partial charge in [0.1, 0.15) is 6.10 Å². The van der Waals surface area contributed by atoms with Gasteiger partial charge < -0.3 is 5.11 Å². The van der Waals surface area contributed by atoms with E-state index in [2.05, 4.69) is 33.4 Å². The number of aliphatic hydroxyl groups excluding tert-OH is 1. The van der Waals surface area contributed by atoms with E-state index in [1.807, 2.05) is 36.4 Å². The van der Waals surface area contributed by atoms with Crippen LogP contribution in [0.1, 0.15) is 38.9 Å². The fraction of sp³-hybridized carbons (Fsp3) is 0.375. The molecule has 0 aromatic heterocycles. The van der Waals surface area contributed by atoms with Crippen molar-refractivity contribution in [3.8, 4) is 0 Å². The first-order valence-corrected chi connectivity index (χ1v) is 5.98. The molecule has 0 aliphatic heterocycles. The fourth-order valence-corrected chi connectivity index (χ4v) is 1.50. The summed E-state index contributed by atoms with van der Waals surface area (Å²) in [6.07, 6.45) is 4.37. The molecule has 1 unspecified atom stereocenters. The molecule has 0 radical (unpaired) electrons. The Morgan fingerprint density at radius 2 is 1.88 bits per heavy atom. The minimum atomic E-state index is -0.604. The largest absolute Gasteiger partial charge is 0.384 e. The highest BCUT2D eigenvalue weighted by atomic mass is 16.3. The first-order chi connectivity index (χ1) is 7.90. The quantitative estimate of drug-likeness (QED) is 0.766. The number of rotatable bonds is 4. The normalized spacial score (nSPS) is 13.9. The van der Waals surface area contributed by atoms with E-state index in [0.29, 0.717) is 0 Å². The third-order valence-corrected chi connectivity index (χ3v) is 2.53. The molecule has 0 fully saturated rings. The van der Waals surface area contributed by atoms with Crippen molar-refractivity contribution in [2.45, 2.75) is 33.3 Å². The van der Waals surface area contributed by atoms with Crippen molar-refractivity contribution >= 4 is 0 Å². The average Bonchev–Trinajstić information content (AvgIpc) is 2.27. The molecule has 1 heteroatoms. The molecule has 1 rings (SSSR count). The third-order valence-electron chi connectivity index (χ3n) is 2.53. The maximum Gasteiger partial charge on any atom is 0.103 e. The lowest BCUT2D eigenvalue weighted by molar-refractivity contribution is 0.220. The van der Waals surface area contributed by atoms with Gasteiger partial charge in [-0.25, -0.2) is 0 Å². The Bertz CT molecular complexity index is 382. The van der Waals surface area contributed by atoms with Crippen molar-refractivity contribution in [1.82, 2.24) is 0 Å². The van der Waals surface area contributed by atoms with Crippen molar-refractivity contribution in [1.29, 1.82) is 0 Å². The second kappa shape index (κ2) is 5.83. The van der Waals surface area contributed by atoms with Crippen LogP contribution in [0, 0.1) is 5.41 Å². The first kappa shape index (κ1) is 13.7. The summed E-state index contributed by atoms with van der Waals surface area (Å²) >= 11 is 0. The summed E-state index contributed by atoms with van der Waals surface area (Å²) in [5, 5.41) is 10.1. The Morgan fingerprint density at radius 1 is 1.29 bits per heavy atom. The van der Waals surface area contributed by atoms with Gasteiger partial charge in [-0.15, -0.1) is 0 Å². The molecule has 0 spiro atoms. The minimum Gasteiger partial charge on any atom is -0.384 e. The first-order valence-electron chi connectivity index (χ1n) is 5.98. The van der Waals surface area contributed by atoms with E-state index in [0.717, 1.165) is 17.6 Å². The highest BCUT2D eigenvalue weighted by Crippen LogP contribution is 2.23. The maximum atomic E-state index is 10.1. The maximum absolute atomic E-state index is 10.1. The van der Waals surface area contributed by atoms with Crippen molar-refractivity contribution < 1.29 is 5.11 Å². The third kappa shape index (κ3) is 5.01. The van der Waals surface area contributed by atoms with Crippen LogP contribution in [-0.4, -0.2) is 5.11 Å². The zero-order chi connectivity index (χ0) is 12.9. The molecular weight excluding hydrogens is 208 g/mol. The molecule has 0 aliphatic carbocycles. The zero-order valence-corrected chi connectivity index (χ0v) is 11.0. The Labute approximate surface area is 104 Å². The van der Waals surface area contributed by atoms with E-state index >= 15 is 0 Å². The summed E-state index contributed by atoms with van der Waals surface area (Å²) in [4.78, 5) is 0. The van der Waals surface area contributed by atoms with Crippen LogP contribution < -0.4 is 0 Å². The van der Waals surface area contributed by atoms with Gasteiger partial charge in [0.05, 0.1) is 0 Å². The second-order valence-electron chi connectivity index (χ2n) is 5.56. The monoisotopic (exact) mass is 230 g/mol. The molecule has 1 aromatic carbocycles. The summed E-state index contributed by atoms with van der Waals surface area (Å²) in [7, 11) is 0. The lowest BCUT2D eigenvalue weighted by Crippen LogP contribution is -2.02. The van der Waals surface area contributed by atoms with Gasteiger partial charge in [-0.1, -0.05) is 69.8 Å². The van der Waals surface area contributed by atoms with E-state index in [1.54, 1.807) is 0 Å². The second-order valence-corrected chi connectivity index (χ2v) is 5.56. The van der Waals surface area contributed by atoms with Gasteiger partial charge in [0.2, 0.25) is 0 Å². The molecule has 0 saturated heterocycles. The highest BCUT2D eigenvalue weighted by molar-refractivity contribution is 5.30. The van der Waals surface area contributed by atoms with Crippen molar-refractivity contribution in [3.63, 3.8) is 0 Å². The number of hydrogen-bond donors (Lipinski definition) is 1. The number of hydrogen-bond acceptors (Lipinski definition) is 1.